The molecule has 20 heavy (non-hydrogen) atoms. The van der Waals surface area contributed by atoms with Crippen LogP contribution in [-0.2, 0) is 13.5 Å². The van der Waals surface area contributed by atoms with E-state index < -0.39 is 6.98 Å². The van der Waals surface area contributed by atoms with Crippen LogP contribution in [0.4, 0.5) is 0 Å². The van der Waals surface area contributed by atoms with Crippen molar-refractivity contribution in [2.24, 2.45) is 6.98 Å². The number of fused-ring (bicyclic) bond motifs is 7. The molecule has 0 unspecified atom stereocenters. The van der Waals surface area contributed by atoms with E-state index in [4.69, 9.17) is 4.11 Å². The minimum atomic E-state index is -2.34. The number of hydrogen-bond donors (Lipinski definition) is 0. The Hall–Kier alpha value is -2.76. The maximum absolute atomic E-state index is 7.95. The first-order valence-electron chi connectivity index (χ1n) is 7.77. The molecule has 0 N–H and O–H groups in total. The van der Waals surface area contributed by atoms with Gasteiger partial charge in [0, 0.05) is 24.2 Å². The van der Waals surface area contributed by atoms with Crippen LogP contribution in [-0.4, -0.2) is 23.9 Å². The SMILES string of the molecule is [2H]C([2H])([2H])n1c2[n+](c3c1nc1ncccn13)Cc1ccncc1-2. The van der Waals surface area contributed by atoms with Gasteiger partial charge in [-0.2, -0.15) is 9.38 Å². The maximum Gasteiger partial charge on any atom is 0.299 e. The molecule has 96 valence electrons. The van der Waals surface area contributed by atoms with Crippen LogP contribution in [0.15, 0.2) is 36.9 Å². The summed E-state index contributed by atoms with van der Waals surface area (Å²) in [6, 6.07) is 3.72. The molecule has 0 saturated carbocycles. The van der Waals surface area contributed by atoms with Crippen molar-refractivity contribution in [1.29, 1.82) is 0 Å². The molecule has 6 nitrogen and oxygen atoms in total. The lowest BCUT2D eigenvalue weighted by molar-refractivity contribution is -0.648. The van der Waals surface area contributed by atoms with Crippen molar-refractivity contribution in [1.82, 2.24) is 23.9 Å². The lowest BCUT2D eigenvalue weighted by Crippen LogP contribution is -2.32. The van der Waals surface area contributed by atoms with Crippen LogP contribution in [0, 0.1) is 0 Å². The summed E-state index contributed by atoms with van der Waals surface area (Å²) >= 11 is 0. The second kappa shape index (κ2) is 3.22. The van der Waals surface area contributed by atoms with Gasteiger partial charge in [0.25, 0.3) is 17.1 Å². The summed E-state index contributed by atoms with van der Waals surface area (Å²) in [5.74, 6) is 1.10. The average molecular weight is 266 g/mol. The van der Waals surface area contributed by atoms with Crippen molar-refractivity contribution >= 4 is 17.1 Å². The zero-order valence-electron chi connectivity index (χ0n) is 13.4. The van der Waals surface area contributed by atoms with Crippen molar-refractivity contribution < 1.29 is 8.68 Å². The van der Waals surface area contributed by atoms with Crippen LogP contribution in [0.1, 0.15) is 9.68 Å². The topological polar surface area (TPSA) is 51.9 Å². The molecule has 1 aliphatic heterocycles. The molecular formula is C14H11N6+. The van der Waals surface area contributed by atoms with Gasteiger partial charge in [0.2, 0.25) is 5.82 Å². The minimum absolute atomic E-state index is 0.410. The van der Waals surface area contributed by atoms with Crippen LogP contribution in [0.2, 0.25) is 0 Å². The molecule has 1 aliphatic rings. The number of aryl methyl sites for hydroxylation is 1. The summed E-state index contributed by atoms with van der Waals surface area (Å²) in [7, 11) is 0. The summed E-state index contributed by atoms with van der Waals surface area (Å²) in [5, 5.41) is 0. The Morgan fingerprint density at radius 1 is 1.40 bits per heavy atom. The molecule has 0 saturated heterocycles. The first-order valence-corrected chi connectivity index (χ1v) is 6.27. The predicted octanol–water partition coefficient (Wildman–Crippen LogP) is 0.932. The summed E-state index contributed by atoms with van der Waals surface area (Å²) < 4.78 is 28.9. The first-order chi connectivity index (χ1) is 11.1. The van der Waals surface area contributed by atoms with Gasteiger partial charge in [-0.3, -0.25) is 4.98 Å². The van der Waals surface area contributed by atoms with E-state index in [2.05, 4.69) is 15.0 Å². The van der Waals surface area contributed by atoms with Crippen LogP contribution >= 0.6 is 0 Å². The number of pyridine rings is 1. The summed E-state index contributed by atoms with van der Waals surface area (Å²) in [4.78, 5) is 12.8. The summed E-state index contributed by atoms with van der Waals surface area (Å²) in [6.07, 6.45) is 6.92. The van der Waals surface area contributed by atoms with Crippen molar-refractivity contribution in [2.75, 3.05) is 0 Å². The van der Waals surface area contributed by atoms with E-state index in [1.54, 1.807) is 24.7 Å². The van der Waals surface area contributed by atoms with Crippen molar-refractivity contribution in [2.45, 2.75) is 6.54 Å². The molecule has 0 radical (unpaired) electrons. The van der Waals surface area contributed by atoms with E-state index >= 15 is 0 Å². The maximum atomic E-state index is 7.95. The molecule has 0 spiro atoms. The van der Waals surface area contributed by atoms with Crippen LogP contribution in [0.25, 0.3) is 28.5 Å². The van der Waals surface area contributed by atoms with Gasteiger partial charge in [-0.05, 0) is 12.1 Å². The third-order valence-electron chi connectivity index (χ3n) is 3.78. The smallest absolute Gasteiger partial charge is 0.264 e. The van der Waals surface area contributed by atoms with Crippen LogP contribution in [0.3, 0.4) is 0 Å². The largest absolute Gasteiger partial charge is 0.299 e. The third kappa shape index (κ3) is 1.01. The second-order valence-electron chi connectivity index (χ2n) is 4.83. The molecule has 5 heterocycles. The number of nitrogens with zero attached hydrogens (tertiary/aromatic N) is 6. The summed E-state index contributed by atoms with van der Waals surface area (Å²) in [6.45, 7) is -1.75. The molecule has 0 aromatic carbocycles. The van der Waals surface area contributed by atoms with Gasteiger partial charge < -0.3 is 0 Å². The van der Waals surface area contributed by atoms with E-state index in [1.807, 2.05) is 21.2 Å². The molecular weight excluding hydrogens is 252 g/mol. The van der Waals surface area contributed by atoms with Gasteiger partial charge in [0.15, 0.2) is 0 Å². The molecule has 6 heteroatoms. The Balaban J connectivity index is 2.01. The molecule has 4 aromatic rings. The van der Waals surface area contributed by atoms with E-state index in [1.165, 1.54) is 4.57 Å². The second-order valence-corrected chi connectivity index (χ2v) is 4.83. The zero-order chi connectivity index (χ0) is 15.8. The number of imidazole rings is 2. The van der Waals surface area contributed by atoms with E-state index in [0.29, 0.717) is 23.8 Å². The van der Waals surface area contributed by atoms with E-state index in [-0.39, 0.29) is 0 Å². The lowest BCUT2D eigenvalue weighted by Gasteiger charge is -1.95. The van der Waals surface area contributed by atoms with Gasteiger partial charge in [-0.1, -0.05) is 0 Å². The summed E-state index contributed by atoms with van der Waals surface area (Å²) in [5.41, 5.74) is 3.02. The number of rotatable bonds is 0. The monoisotopic (exact) mass is 266 g/mol. The number of aromatic nitrogens is 6. The van der Waals surface area contributed by atoms with Crippen molar-refractivity contribution in [3.8, 4) is 11.4 Å². The lowest BCUT2D eigenvalue weighted by atomic mass is 10.2. The molecule has 0 amide bonds. The highest BCUT2D eigenvalue weighted by molar-refractivity contribution is 5.75. The standard InChI is InChI=1S/C14H11N6/c1-18-11-13(19-6-2-4-16-14(19)17-11)20-8-9-3-5-15-7-10(9)12(18)20/h2-7H,8H2,1H3/q+1/i1D3. The Labute approximate surface area is 118 Å². The van der Waals surface area contributed by atoms with Crippen LogP contribution < -0.4 is 4.57 Å². The third-order valence-corrected chi connectivity index (χ3v) is 3.78. The van der Waals surface area contributed by atoms with Crippen molar-refractivity contribution in [3.63, 3.8) is 0 Å². The normalized spacial score (nSPS) is 15.9. The Bertz CT molecular complexity index is 1090. The molecule has 0 fully saturated rings. The van der Waals surface area contributed by atoms with Gasteiger partial charge in [0.1, 0.15) is 0 Å². The highest BCUT2D eigenvalue weighted by atomic mass is 15.3. The van der Waals surface area contributed by atoms with E-state index in [0.717, 1.165) is 16.8 Å². The fraction of sp³-hybridized carbons (Fsp3) is 0.143. The Kier molecular flexibility index (Phi) is 1.24. The highest BCUT2D eigenvalue weighted by Gasteiger charge is 2.34. The predicted molar refractivity (Wildman–Crippen MR) is 72.0 cm³/mol. The van der Waals surface area contributed by atoms with Crippen molar-refractivity contribution in [3.05, 3.63) is 42.5 Å². The zero-order valence-corrected chi connectivity index (χ0v) is 10.4. The van der Waals surface area contributed by atoms with Crippen LogP contribution in [0.5, 0.6) is 0 Å². The quantitative estimate of drug-likeness (QED) is 0.392. The highest BCUT2D eigenvalue weighted by Crippen LogP contribution is 2.29. The molecule has 4 aromatic heterocycles. The fourth-order valence-electron chi connectivity index (χ4n) is 2.93. The first kappa shape index (κ1) is 7.74. The minimum Gasteiger partial charge on any atom is -0.264 e. The molecule has 0 aliphatic carbocycles. The van der Waals surface area contributed by atoms with Gasteiger partial charge >= 0.3 is 0 Å². The fourth-order valence-corrected chi connectivity index (χ4v) is 2.93. The van der Waals surface area contributed by atoms with E-state index in [9.17, 15) is 0 Å². The van der Waals surface area contributed by atoms with Gasteiger partial charge in [-0.15, -0.1) is 0 Å². The van der Waals surface area contributed by atoms with Gasteiger partial charge in [0.05, 0.1) is 29.4 Å². The Morgan fingerprint density at radius 3 is 3.35 bits per heavy atom. The molecule has 0 atom stereocenters. The molecule has 5 rings (SSSR count). The molecule has 0 bridgehead atoms. The Morgan fingerprint density at radius 2 is 2.40 bits per heavy atom. The van der Waals surface area contributed by atoms with Gasteiger partial charge in [-0.25, -0.2) is 14.1 Å². The average Bonchev–Trinajstić information content (AvgIpc) is 3.12. The number of hydrogen-bond acceptors (Lipinski definition) is 3.